The van der Waals surface area contributed by atoms with E-state index in [1.165, 1.54) is 0 Å². The predicted octanol–water partition coefficient (Wildman–Crippen LogP) is 4.01. The molecule has 0 aliphatic carbocycles. The largest absolute Gasteiger partial charge is 0.497 e. The molecule has 1 fully saturated rings. The van der Waals surface area contributed by atoms with Gasteiger partial charge < -0.3 is 15.0 Å². The van der Waals surface area contributed by atoms with Crippen molar-refractivity contribution in [3.8, 4) is 16.9 Å². The second-order valence-corrected chi connectivity index (χ2v) is 7.14. The van der Waals surface area contributed by atoms with Crippen LogP contribution in [-0.4, -0.2) is 36.1 Å². The number of hydrogen-bond donors (Lipinski definition) is 1. The first-order chi connectivity index (χ1) is 14.2. The van der Waals surface area contributed by atoms with E-state index in [-0.39, 0.29) is 11.8 Å². The van der Waals surface area contributed by atoms with Gasteiger partial charge in [-0.15, -0.1) is 0 Å². The molecule has 1 aliphatic rings. The third-order valence-electron chi connectivity index (χ3n) is 5.16. The summed E-state index contributed by atoms with van der Waals surface area (Å²) in [4.78, 5) is 23.9. The van der Waals surface area contributed by atoms with E-state index in [9.17, 15) is 4.79 Å². The summed E-state index contributed by atoms with van der Waals surface area (Å²) in [6.45, 7) is 1.47. The van der Waals surface area contributed by atoms with Crippen LogP contribution >= 0.6 is 0 Å². The van der Waals surface area contributed by atoms with Crippen LogP contribution in [0.4, 0.5) is 11.6 Å². The monoisotopic (exact) mass is 388 g/mol. The SMILES string of the molecule is COc1cccc(NC(=O)C2CCCN(c3ncc(-c4ccccc4)cn3)C2)c1. The van der Waals surface area contributed by atoms with E-state index in [2.05, 4.69) is 20.2 Å². The highest BCUT2D eigenvalue weighted by Crippen LogP contribution is 2.24. The molecule has 2 aromatic carbocycles. The number of ether oxygens (including phenoxy) is 1. The highest BCUT2D eigenvalue weighted by molar-refractivity contribution is 5.93. The highest BCUT2D eigenvalue weighted by Gasteiger charge is 2.27. The molecule has 2 heterocycles. The van der Waals surface area contributed by atoms with Crippen LogP contribution in [0.3, 0.4) is 0 Å². The number of aromatic nitrogens is 2. The molecular formula is C23H24N4O2. The number of benzene rings is 2. The smallest absolute Gasteiger partial charge is 0.229 e. The summed E-state index contributed by atoms with van der Waals surface area (Å²) in [5, 5.41) is 3.00. The third-order valence-corrected chi connectivity index (χ3v) is 5.16. The van der Waals surface area contributed by atoms with Crippen molar-refractivity contribution in [3.63, 3.8) is 0 Å². The lowest BCUT2D eigenvalue weighted by Gasteiger charge is -2.32. The molecule has 3 aromatic rings. The molecule has 1 saturated heterocycles. The van der Waals surface area contributed by atoms with Crippen LogP contribution in [0.25, 0.3) is 11.1 Å². The molecule has 1 aromatic heterocycles. The third kappa shape index (κ3) is 4.54. The van der Waals surface area contributed by atoms with E-state index in [4.69, 9.17) is 4.74 Å². The molecule has 0 radical (unpaired) electrons. The van der Waals surface area contributed by atoms with Crippen molar-refractivity contribution in [2.24, 2.45) is 5.92 Å². The standard InChI is InChI=1S/C23H24N4O2/c1-29-21-11-5-10-20(13-21)26-22(28)18-9-6-12-27(16-18)23-24-14-19(15-25-23)17-7-3-2-4-8-17/h2-5,7-8,10-11,13-15,18H,6,9,12,16H2,1H3,(H,26,28). The molecule has 29 heavy (non-hydrogen) atoms. The van der Waals surface area contributed by atoms with Gasteiger partial charge in [-0.2, -0.15) is 0 Å². The van der Waals surface area contributed by atoms with E-state index in [1.54, 1.807) is 7.11 Å². The Balaban J connectivity index is 1.42. The van der Waals surface area contributed by atoms with Crippen molar-refractivity contribution >= 4 is 17.5 Å². The number of methoxy groups -OCH3 is 1. The van der Waals surface area contributed by atoms with Crippen LogP contribution in [0.1, 0.15) is 12.8 Å². The lowest BCUT2D eigenvalue weighted by atomic mass is 9.97. The maximum atomic E-state index is 12.8. The van der Waals surface area contributed by atoms with Crippen LogP contribution in [0.2, 0.25) is 0 Å². The topological polar surface area (TPSA) is 67.3 Å². The number of amides is 1. The summed E-state index contributed by atoms with van der Waals surface area (Å²) in [5.74, 6) is 1.31. The van der Waals surface area contributed by atoms with Crippen LogP contribution < -0.4 is 15.0 Å². The number of rotatable bonds is 5. The van der Waals surface area contributed by atoms with Gasteiger partial charge in [0.2, 0.25) is 11.9 Å². The van der Waals surface area contributed by atoms with E-state index in [0.29, 0.717) is 12.5 Å². The number of carbonyl (C=O) groups excluding carboxylic acids is 1. The van der Waals surface area contributed by atoms with E-state index in [1.807, 2.05) is 67.0 Å². The van der Waals surface area contributed by atoms with Crippen molar-refractivity contribution in [2.45, 2.75) is 12.8 Å². The number of carbonyl (C=O) groups is 1. The van der Waals surface area contributed by atoms with Crippen LogP contribution in [0.5, 0.6) is 5.75 Å². The number of nitrogens with zero attached hydrogens (tertiary/aromatic N) is 3. The lowest BCUT2D eigenvalue weighted by molar-refractivity contribution is -0.120. The van der Waals surface area contributed by atoms with Crippen molar-refractivity contribution in [2.75, 3.05) is 30.4 Å². The van der Waals surface area contributed by atoms with Crippen molar-refractivity contribution in [3.05, 3.63) is 67.0 Å². The summed E-state index contributed by atoms with van der Waals surface area (Å²) < 4.78 is 5.22. The average Bonchev–Trinajstić information content (AvgIpc) is 2.80. The van der Waals surface area contributed by atoms with Crippen molar-refractivity contribution in [1.29, 1.82) is 0 Å². The predicted molar refractivity (Wildman–Crippen MR) is 114 cm³/mol. The first-order valence-electron chi connectivity index (χ1n) is 9.80. The van der Waals surface area contributed by atoms with Gasteiger partial charge in [0.25, 0.3) is 0 Å². The molecule has 6 nitrogen and oxygen atoms in total. The Kier molecular flexibility index (Phi) is 5.70. The second-order valence-electron chi connectivity index (χ2n) is 7.14. The fourth-order valence-electron chi connectivity index (χ4n) is 3.58. The molecule has 1 unspecified atom stereocenters. The Morgan fingerprint density at radius 2 is 1.86 bits per heavy atom. The molecule has 0 bridgehead atoms. The van der Waals surface area contributed by atoms with Crippen molar-refractivity contribution in [1.82, 2.24) is 9.97 Å². The maximum Gasteiger partial charge on any atom is 0.229 e. The van der Waals surface area contributed by atoms with Gasteiger partial charge in [0.1, 0.15) is 5.75 Å². The summed E-state index contributed by atoms with van der Waals surface area (Å²) in [7, 11) is 1.61. The molecule has 1 amide bonds. The summed E-state index contributed by atoms with van der Waals surface area (Å²) >= 11 is 0. The molecule has 4 rings (SSSR count). The zero-order valence-electron chi connectivity index (χ0n) is 16.4. The van der Waals surface area contributed by atoms with Gasteiger partial charge in [-0.25, -0.2) is 9.97 Å². The average molecular weight is 388 g/mol. The van der Waals surface area contributed by atoms with E-state index >= 15 is 0 Å². The van der Waals surface area contributed by atoms with Crippen LogP contribution in [-0.2, 0) is 4.79 Å². The molecule has 1 N–H and O–H groups in total. The molecule has 148 valence electrons. The van der Waals surface area contributed by atoms with Gasteiger partial charge >= 0.3 is 0 Å². The fourth-order valence-corrected chi connectivity index (χ4v) is 3.58. The lowest BCUT2D eigenvalue weighted by Crippen LogP contribution is -2.41. The van der Waals surface area contributed by atoms with Gasteiger partial charge in [-0.05, 0) is 30.5 Å². The minimum absolute atomic E-state index is 0.0175. The Labute approximate surface area is 170 Å². The normalized spacial score (nSPS) is 16.3. The number of piperidine rings is 1. The van der Waals surface area contributed by atoms with Gasteiger partial charge in [-0.3, -0.25) is 4.79 Å². The minimum Gasteiger partial charge on any atom is -0.497 e. The second kappa shape index (κ2) is 8.73. The van der Waals surface area contributed by atoms with Gasteiger partial charge in [0.15, 0.2) is 0 Å². The highest BCUT2D eigenvalue weighted by atomic mass is 16.5. The summed E-state index contributed by atoms with van der Waals surface area (Å²) in [6.07, 6.45) is 5.48. The Hall–Kier alpha value is -3.41. The number of hydrogen-bond acceptors (Lipinski definition) is 5. The zero-order valence-corrected chi connectivity index (χ0v) is 16.4. The first kappa shape index (κ1) is 18.9. The maximum absolute atomic E-state index is 12.8. The van der Waals surface area contributed by atoms with Gasteiger partial charge in [0.05, 0.1) is 13.0 Å². The van der Waals surface area contributed by atoms with E-state index < -0.39 is 0 Å². The Bertz CT molecular complexity index is 960. The van der Waals surface area contributed by atoms with Gasteiger partial charge in [-0.1, -0.05) is 36.4 Å². The molecule has 0 saturated carbocycles. The first-order valence-corrected chi connectivity index (χ1v) is 9.80. The van der Waals surface area contributed by atoms with Gasteiger partial charge in [0, 0.05) is 42.8 Å². The zero-order chi connectivity index (χ0) is 20.1. The number of anilines is 2. The summed E-state index contributed by atoms with van der Waals surface area (Å²) in [6, 6.07) is 17.5. The number of nitrogens with one attached hydrogen (secondary N) is 1. The van der Waals surface area contributed by atoms with E-state index in [0.717, 1.165) is 42.0 Å². The molecule has 6 heteroatoms. The Morgan fingerprint density at radius 3 is 2.62 bits per heavy atom. The molecule has 1 aliphatic heterocycles. The summed E-state index contributed by atoms with van der Waals surface area (Å²) in [5.41, 5.74) is 2.82. The fraction of sp³-hybridized carbons (Fsp3) is 0.261. The van der Waals surface area contributed by atoms with Crippen molar-refractivity contribution < 1.29 is 9.53 Å². The molecular weight excluding hydrogens is 364 g/mol. The molecule has 0 spiro atoms. The van der Waals surface area contributed by atoms with Crippen LogP contribution in [0, 0.1) is 5.92 Å². The minimum atomic E-state index is -0.104. The quantitative estimate of drug-likeness (QED) is 0.715. The Morgan fingerprint density at radius 1 is 1.07 bits per heavy atom. The molecule has 1 atom stereocenters. The van der Waals surface area contributed by atoms with Crippen LogP contribution in [0.15, 0.2) is 67.0 Å².